The Bertz CT molecular complexity index is 1020. The summed E-state index contributed by atoms with van der Waals surface area (Å²) >= 11 is 5.90. The van der Waals surface area contributed by atoms with Crippen molar-refractivity contribution in [2.45, 2.75) is 26.2 Å². The molecule has 1 aliphatic heterocycles. The minimum absolute atomic E-state index is 0.350. The van der Waals surface area contributed by atoms with E-state index in [2.05, 4.69) is 25.9 Å². The average molecular weight is 418 g/mol. The van der Waals surface area contributed by atoms with E-state index >= 15 is 0 Å². The molecule has 3 heterocycles. The maximum absolute atomic E-state index is 13.5. The summed E-state index contributed by atoms with van der Waals surface area (Å²) in [7, 11) is 1.93. The standard InChI is InChI=1S/C19H21ClFN7O/c1-11-19-16(27(2)10-18(29)24-19)6-17(23-11)22-7-15-9-28(26-25-15)8-12-3-13(20)5-14(21)4-12/h3-6,9,18,24,29H,7-8,10H2,1-2H3,(H,22,23). The van der Waals surface area contributed by atoms with Gasteiger partial charge in [0, 0.05) is 18.1 Å². The summed E-state index contributed by atoms with van der Waals surface area (Å²) in [4.78, 5) is 6.52. The highest BCUT2D eigenvalue weighted by atomic mass is 35.5. The van der Waals surface area contributed by atoms with Gasteiger partial charge in [0.25, 0.3) is 0 Å². The van der Waals surface area contributed by atoms with Gasteiger partial charge in [0.05, 0.1) is 42.9 Å². The molecule has 0 saturated heterocycles. The Morgan fingerprint density at radius 2 is 2.17 bits per heavy atom. The minimum atomic E-state index is -0.616. The molecule has 0 fully saturated rings. The largest absolute Gasteiger partial charge is 0.372 e. The number of nitrogens with zero attached hydrogens (tertiary/aromatic N) is 5. The first-order valence-electron chi connectivity index (χ1n) is 9.12. The first-order chi connectivity index (χ1) is 13.9. The molecule has 2 aromatic heterocycles. The Hall–Kier alpha value is -2.91. The molecule has 3 aromatic rings. The van der Waals surface area contributed by atoms with Crippen molar-refractivity contribution in [1.29, 1.82) is 0 Å². The molecular formula is C19H21ClFN7O. The highest BCUT2D eigenvalue weighted by Crippen LogP contribution is 2.33. The fraction of sp³-hybridized carbons (Fsp3) is 0.316. The molecule has 1 atom stereocenters. The number of aliphatic hydroxyl groups excluding tert-OH is 1. The zero-order valence-corrected chi connectivity index (χ0v) is 16.8. The van der Waals surface area contributed by atoms with Gasteiger partial charge in [-0.15, -0.1) is 5.10 Å². The molecule has 4 rings (SSSR count). The van der Waals surface area contributed by atoms with Crippen molar-refractivity contribution >= 4 is 28.8 Å². The SMILES string of the molecule is Cc1nc(NCc2cn(Cc3cc(F)cc(Cl)c3)nn2)cc2c1NC(O)CN2C. The maximum Gasteiger partial charge on any atom is 0.142 e. The van der Waals surface area contributed by atoms with E-state index in [4.69, 9.17) is 11.6 Å². The Morgan fingerprint density at radius 1 is 1.34 bits per heavy atom. The Morgan fingerprint density at radius 3 is 2.97 bits per heavy atom. The van der Waals surface area contributed by atoms with Crippen LogP contribution >= 0.6 is 11.6 Å². The second-order valence-electron chi connectivity index (χ2n) is 7.07. The Labute approximate surface area is 172 Å². The van der Waals surface area contributed by atoms with Crippen LogP contribution in [0.15, 0.2) is 30.5 Å². The number of fused-ring (bicyclic) bond motifs is 1. The molecule has 0 bridgehead atoms. The van der Waals surface area contributed by atoms with E-state index in [0.717, 1.165) is 22.8 Å². The van der Waals surface area contributed by atoms with Crippen LogP contribution in [-0.2, 0) is 13.1 Å². The molecule has 3 N–H and O–H groups in total. The number of β-amino-alcohol motifs (C(OH)–C–C–N with tert-alkyl or cyclic N) is 1. The number of hydrogen-bond donors (Lipinski definition) is 3. The molecule has 0 saturated carbocycles. The number of benzene rings is 1. The van der Waals surface area contributed by atoms with Gasteiger partial charge in [0.1, 0.15) is 23.6 Å². The second-order valence-corrected chi connectivity index (χ2v) is 7.50. The third-order valence-electron chi connectivity index (χ3n) is 4.65. The van der Waals surface area contributed by atoms with Crippen LogP contribution in [0.1, 0.15) is 17.0 Å². The third-order valence-corrected chi connectivity index (χ3v) is 4.87. The summed E-state index contributed by atoms with van der Waals surface area (Å²) in [5.41, 5.74) is 4.03. The van der Waals surface area contributed by atoms with Gasteiger partial charge in [-0.3, -0.25) is 0 Å². The van der Waals surface area contributed by atoms with Gasteiger partial charge in [-0.2, -0.15) is 0 Å². The summed E-state index contributed by atoms with van der Waals surface area (Å²) < 4.78 is 15.1. The lowest BCUT2D eigenvalue weighted by atomic mass is 10.2. The lowest BCUT2D eigenvalue weighted by molar-refractivity contribution is 0.207. The van der Waals surface area contributed by atoms with Crippen molar-refractivity contribution in [1.82, 2.24) is 20.0 Å². The Kier molecular flexibility index (Phi) is 5.25. The normalized spacial score (nSPS) is 15.8. The first-order valence-corrected chi connectivity index (χ1v) is 9.50. The van der Waals surface area contributed by atoms with Crippen LogP contribution in [0.2, 0.25) is 5.02 Å². The van der Waals surface area contributed by atoms with Crippen LogP contribution in [0.4, 0.5) is 21.6 Å². The van der Waals surface area contributed by atoms with Crippen molar-refractivity contribution < 1.29 is 9.50 Å². The van der Waals surface area contributed by atoms with Crippen molar-refractivity contribution in [3.05, 3.63) is 58.3 Å². The zero-order valence-electron chi connectivity index (χ0n) is 16.0. The van der Waals surface area contributed by atoms with E-state index in [1.807, 2.05) is 24.9 Å². The highest BCUT2D eigenvalue weighted by Gasteiger charge is 2.22. The predicted octanol–water partition coefficient (Wildman–Crippen LogP) is 2.61. The van der Waals surface area contributed by atoms with Gasteiger partial charge in [-0.25, -0.2) is 14.1 Å². The number of likely N-dealkylation sites (N-methyl/N-ethyl adjacent to an activating group) is 1. The number of aliphatic hydroxyl groups is 1. The number of hydrogen-bond acceptors (Lipinski definition) is 7. The molecule has 1 unspecified atom stereocenters. The van der Waals surface area contributed by atoms with Gasteiger partial charge in [-0.05, 0) is 30.7 Å². The molecule has 0 aliphatic carbocycles. The monoisotopic (exact) mass is 417 g/mol. The average Bonchev–Trinajstić information content (AvgIpc) is 3.07. The van der Waals surface area contributed by atoms with Crippen molar-refractivity contribution in [3.63, 3.8) is 0 Å². The number of pyridine rings is 1. The van der Waals surface area contributed by atoms with E-state index in [9.17, 15) is 9.50 Å². The number of rotatable bonds is 5. The molecule has 0 amide bonds. The van der Waals surface area contributed by atoms with Crippen molar-refractivity contribution in [3.8, 4) is 0 Å². The fourth-order valence-electron chi connectivity index (χ4n) is 3.36. The van der Waals surface area contributed by atoms with Crippen molar-refractivity contribution in [2.75, 3.05) is 29.1 Å². The molecule has 10 heteroatoms. The number of aryl methyl sites for hydroxylation is 1. The highest BCUT2D eigenvalue weighted by molar-refractivity contribution is 6.30. The van der Waals surface area contributed by atoms with Gasteiger partial charge in [0.15, 0.2) is 0 Å². The van der Waals surface area contributed by atoms with Crippen LogP contribution in [0.25, 0.3) is 0 Å². The number of halogens is 2. The lowest BCUT2D eigenvalue weighted by Crippen LogP contribution is -2.39. The smallest absolute Gasteiger partial charge is 0.142 e. The third kappa shape index (κ3) is 4.41. The molecule has 0 spiro atoms. The first kappa shape index (κ1) is 19.4. The molecule has 8 nitrogen and oxygen atoms in total. The molecule has 0 radical (unpaired) electrons. The van der Waals surface area contributed by atoms with Gasteiger partial charge >= 0.3 is 0 Å². The quantitative estimate of drug-likeness (QED) is 0.587. The summed E-state index contributed by atoms with van der Waals surface area (Å²) in [5, 5.41) is 24.8. The fourth-order valence-corrected chi connectivity index (χ4v) is 3.61. The molecule has 29 heavy (non-hydrogen) atoms. The van der Waals surface area contributed by atoms with Crippen LogP contribution in [-0.4, -0.2) is 44.9 Å². The van der Waals surface area contributed by atoms with Crippen molar-refractivity contribution in [2.24, 2.45) is 0 Å². The summed E-state index contributed by atoms with van der Waals surface area (Å²) in [6, 6.07) is 6.32. The topological polar surface area (TPSA) is 91.1 Å². The molecule has 152 valence electrons. The van der Waals surface area contributed by atoms with E-state index in [0.29, 0.717) is 36.0 Å². The van der Waals surface area contributed by atoms with Crippen LogP contribution < -0.4 is 15.5 Å². The van der Waals surface area contributed by atoms with E-state index in [1.54, 1.807) is 16.9 Å². The van der Waals surface area contributed by atoms with Crippen LogP contribution in [0, 0.1) is 12.7 Å². The van der Waals surface area contributed by atoms with Crippen LogP contribution in [0.3, 0.4) is 0 Å². The van der Waals surface area contributed by atoms with E-state index in [-0.39, 0.29) is 5.82 Å². The van der Waals surface area contributed by atoms with E-state index in [1.165, 1.54) is 12.1 Å². The van der Waals surface area contributed by atoms with E-state index < -0.39 is 6.23 Å². The molecule has 1 aliphatic rings. The summed E-state index contributed by atoms with van der Waals surface area (Å²) in [6.45, 7) is 3.20. The number of anilines is 3. The minimum Gasteiger partial charge on any atom is -0.372 e. The maximum atomic E-state index is 13.5. The molecule has 1 aromatic carbocycles. The lowest BCUT2D eigenvalue weighted by Gasteiger charge is -2.33. The summed E-state index contributed by atoms with van der Waals surface area (Å²) in [5.74, 6) is 0.327. The van der Waals surface area contributed by atoms with Gasteiger partial charge < -0.3 is 20.6 Å². The predicted molar refractivity (Wildman–Crippen MR) is 110 cm³/mol. The second kappa shape index (κ2) is 7.84. The van der Waals surface area contributed by atoms with Crippen LogP contribution in [0.5, 0.6) is 0 Å². The Balaban J connectivity index is 1.44. The zero-order chi connectivity index (χ0) is 20.5. The van der Waals surface area contributed by atoms with Gasteiger partial charge in [-0.1, -0.05) is 16.8 Å². The number of aromatic nitrogens is 4. The van der Waals surface area contributed by atoms with Gasteiger partial charge in [0.2, 0.25) is 0 Å². The molecular weight excluding hydrogens is 397 g/mol. The summed E-state index contributed by atoms with van der Waals surface area (Å²) in [6.07, 6.45) is 1.18. The number of nitrogens with one attached hydrogen (secondary N) is 2.